The van der Waals surface area contributed by atoms with Gasteiger partial charge in [0.1, 0.15) is 11.3 Å². The van der Waals surface area contributed by atoms with Crippen LogP contribution in [0.15, 0.2) is 18.3 Å². The van der Waals surface area contributed by atoms with Gasteiger partial charge in [0, 0.05) is 18.3 Å². The molecule has 20 heavy (non-hydrogen) atoms. The van der Waals surface area contributed by atoms with Crippen LogP contribution in [0.2, 0.25) is 0 Å². The van der Waals surface area contributed by atoms with Crippen LogP contribution in [0.1, 0.15) is 51.2 Å². The Morgan fingerprint density at radius 2 is 2.00 bits per heavy atom. The van der Waals surface area contributed by atoms with Crippen molar-refractivity contribution in [3.63, 3.8) is 0 Å². The highest BCUT2D eigenvalue weighted by Crippen LogP contribution is 2.29. The lowest BCUT2D eigenvalue weighted by Gasteiger charge is -2.42. The number of hydrogen-bond acceptors (Lipinski definition) is 3. The summed E-state index contributed by atoms with van der Waals surface area (Å²) in [4.78, 5) is 9.21. The van der Waals surface area contributed by atoms with E-state index in [2.05, 4.69) is 33.5 Å². The number of aromatic nitrogens is 3. The number of pyridine rings is 1. The first-order chi connectivity index (χ1) is 9.59. The summed E-state index contributed by atoms with van der Waals surface area (Å²) in [6.45, 7) is 6.51. The number of alkyl halides is 1. The first-order valence-corrected chi connectivity index (χ1v) is 7.79. The average molecular weight is 293 g/mol. The summed E-state index contributed by atoms with van der Waals surface area (Å²) in [6, 6.07) is 4.88. The van der Waals surface area contributed by atoms with Gasteiger partial charge in [0.05, 0.1) is 5.38 Å². The monoisotopic (exact) mass is 292 g/mol. The second-order valence-corrected chi connectivity index (χ2v) is 6.41. The average Bonchev–Trinajstić information content (AvgIpc) is 2.78. The van der Waals surface area contributed by atoms with Crippen molar-refractivity contribution < 1.29 is 0 Å². The number of imidazole rings is 1. The zero-order valence-electron chi connectivity index (χ0n) is 12.3. The molecule has 1 aliphatic heterocycles. The quantitative estimate of drug-likeness (QED) is 0.793. The number of hydrogen-bond donors (Lipinski definition) is 0. The Morgan fingerprint density at radius 1 is 1.30 bits per heavy atom. The molecule has 3 heterocycles. The van der Waals surface area contributed by atoms with Crippen LogP contribution < -0.4 is 5.01 Å². The van der Waals surface area contributed by atoms with Gasteiger partial charge in [-0.1, -0.05) is 0 Å². The Morgan fingerprint density at radius 3 is 2.65 bits per heavy atom. The third-order valence-electron chi connectivity index (χ3n) is 4.15. The lowest BCUT2D eigenvalue weighted by atomic mass is 10.00. The minimum absolute atomic E-state index is 0.134. The first-order valence-electron chi connectivity index (χ1n) is 7.35. The maximum Gasteiger partial charge on any atom is 0.179 e. The summed E-state index contributed by atoms with van der Waals surface area (Å²) >= 11 is 6.36. The third-order valence-corrected chi connectivity index (χ3v) is 4.35. The van der Waals surface area contributed by atoms with Crippen LogP contribution >= 0.6 is 11.6 Å². The molecule has 4 nitrogen and oxygen atoms in total. The van der Waals surface area contributed by atoms with Crippen LogP contribution in [0.5, 0.6) is 0 Å². The minimum atomic E-state index is -0.134. The molecule has 108 valence electrons. The van der Waals surface area contributed by atoms with E-state index in [0.29, 0.717) is 12.1 Å². The Labute approximate surface area is 124 Å². The van der Waals surface area contributed by atoms with Gasteiger partial charge >= 0.3 is 0 Å². The molecule has 0 bridgehead atoms. The summed E-state index contributed by atoms with van der Waals surface area (Å²) in [5, 5.41) is 2.27. The van der Waals surface area contributed by atoms with Crippen molar-refractivity contribution in [2.45, 2.75) is 57.5 Å². The highest BCUT2D eigenvalue weighted by Gasteiger charge is 2.29. The highest BCUT2D eigenvalue weighted by atomic mass is 35.5. The molecular weight excluding hydrogens is 272 g/mol. The SMILES string of the molecule is CC(Cl)c1nc2cccnc2n1N1C(C)CCCC1C. The molecule has 2 aromatic heterocycles. The first kappa shape index (κ1) is 13.7. The number of halogens is 1. The lowest BCUT2D eigenvalue weighted by molar-refractivity contribution is 0.334. The van der Waals surface area contributed by atoms with Gasteiger partial charge in [0.2, 0.25) is 0 Å². The van der Waals surface area contributed by atoms with Gasteiger partial charge in [-0.15, -0.1) is 11.6 Å². The molecular formula is C15H21ClN4. The Bertz CT molecular complexity index is 597. The predicted molar refractivity (Wildman–Crippen MR) is 82.8 cm³/mol. The van der Waals surface area contributed by atoms with Gasteiger partial charge in [0.15, 0.2) is 5.65 Å². The van der Waals surface area contributed by atoms with E-state index < -0.39 is 0 Å². The van der Waals surface area contributed by atoms with Crippen molar-refractivity contribution in [2.75, 3.05) is 5.01 Å². The van der Waals surface area contributed by atoms with Gasteiger partial charge in [-0.2, -0.15) is 0 Å². The summed E-state index contributed by atoms with van der Waals surface area (Å²) in [5.74, 6) is 0.890. The molecule has 0 radical (unpaired) electrons. The maximum absolute atomic E-state index is 6.36. The van der Waals surface area contributed by atoms with Crippen LogP contribution in [0, 0.1) is 0 Å². The molecule has 0 aliphatic carbocycles. The van der Waals surface area contributed by atoms with E-state index in [1.807, 2.05) is 25.3 Å². The van der Waals surface area contributed by atoms with Gasteiger partial charge in [-0.25, -0.2) is 14.6 Å². The van der Waals surface area contributed by atoms with E-state index in [4.69, 9.17) is 11.6 Å². The van der Waals surface area contributed by atoms with Crippen molar-refractivity contribution in [1.82, 2.24) is 14.6 Å². The summed E-state index contributed by atoms with van der Waals surface area (Å²) < 4.78 is 2.15. The van der Waals surface area contributed by atoms with Gasteiger partial charge < -0.3 is 5.01 Å². The lowest BCUT2D eigenvalue weighted by Crippen LogP contribution is -2.51. The second kappa shape index (κ2) is 5.24. The van der Waals surface area contributed by atoms with E-state index >= 15 is 0 Å². The number of rotatable bonds is 2. The Hall–Kier alpha value is -1.29. The van der Waals surface area contributed by atoms with Crippen LogP contribution in [0.4, 0.5) is 0 Å². The topological polar surface area (TPSA) is 34.0 Å². The smallest absolute Gasteiger partial charge is 0.179 e. The summed E-state index contributed by atoms with van der Waals surface area (Å²) in [6.07, 6.45) is 5.51. The van der Waals surface area contributed by atoms with Gasteiger partial charge in [0.25, 0.3) is 0 Å². The number of nitrogens with zero attached hydrogens (tertiary/aromatic N) is 4. The van der Waals surface area contributed by atoms with Crippen molar-refractivity contribution >= 4 is 22.8 Å². The molecule has 3 rings (SSSR count). The fraction of sp³-hybridized carbons (Fsp3) is 0.600. The van der Waals surface area contributed by atoms with Gasteiger partial charge in [-0.05, 0) is 52.2 Å². The van der Waals surface area contributed by atoms with Crippen molar-refractivity contribution in [1.29, 1.82) is 0 Å². The number of piperidine rings is 1. The second-order valence-electron chi connectivity index (χ2n) is 5.75. The van der Waals surface area contributed by atoms with Crippen LogP contribution in [0.3, 0.4) is 0 Å². The van der Waals surface area contributed by atoms with Crippen molar-refractivity contribution in [3.8, 4) is 0 Å². The van der Waals surface area contributed by atoms with E-state index in [9.17, 15) is 0 Å². The molecule has 1 saturated heterocycles. The zero-order chi connectivity index (χ0) is 14.3. The minimum Gasteiger partial charge on any atom is -0.304 e. The molecule has 3 atom stereocenters. The molecule has 1 fully saturated rings. The fourth-order valence-corrected chi connectivity index (χ4v) is 3.35. The van der Waals surface area contributed by atoms with E-state index in [1.54, 1.807) is 0 Å². The third kappa shape index (κ3) is 2.16. The molecule has 0 aromatic carbocycles. The van der Waals surface area contributed by atoms with Crippen molar-refractivity contribution in [2.24, 2.45) is 0 Å². The molecule has 5 heteroatoms. The molecule has 0 saturated carbocycles. The van der Waals surface area contributed by atoms with Crippen molar-refractivity contribution in [3.05, 3.63) is 24.2 Å². The predicted octanol–water partition coefficient (Wildman–Crippen LogP) is 3.63. The highest BCUT2D eigenvalue weighted by molar-refractivity contribution is 6.20. The molecule has 2 aromatic rings. The van der Waals surface area contributed by atoms with Gasteiger partial charge in [-0.3, -0.25) is 0 Å². The van der Waals surface area contributed by atoms with Crippen LogP contribution in [-0.2, 0) is 0 Å². The van der Waals surface area contributed by atoms with Crippen LogP contribution in [0.25, 0.3) is 11.2 Å². The van der Waals surface area contributed by atoms with E-state index in [-0.39, 0.29) is 5.38 Å². The van der Waals surface area contributed by atoms with E-state index in [1.165, 1.54) is 19.3 Å². The molecule has 0 amide bonds. The Kier molecular flexibility index (Phi) is 3.59. The normalized spacial score (nSPS) is 25.1. The molecule has 3 unspecified atom stereocenters. The number of fused-ring (bicyclic) bond motifs is 1. The summed E-state index contributed by atoms with van der Waals surface area (Å²) in [7, 11) is 0. The maximum atomic E-state index is 6.36. The van der Waals surface area contributed by atoms with Crippen LogP contribution in [-0.4, -0.2) is 26.7 Å². The molecule has 1 aliphatic rings. The fourth-order valence-electron chi connectivity index (χ4n) is 3.21. The molecule has 0 N–H and O–H groups in total. The standard InChI is InChI=1S/C15H21ClN4/c1-10-6-4-7-11(2)19(10)20-14(12(3)16)18-13-8-5-9-17-15(13)20/h5,8-12H,4,6-7H2,1-3H3. The molecule has 0 spiro atoms. The van der Waals surface area contributed by atoms with E-state index in [0.717, 1.165) is 17.0 Å². The Balaban J connectivity index is 2.19. The largest absolute Gasteiger partial charge is 0.304 e. The zero-order valence-corrected chi connectivity index (χ0v) is 13.0. The summed E-state index contributed by atoms with van der Waals surface area (Å²) in [5.41, 5.74) is 1.83.